The van der Waals surface area contributed by atoms with Crippen LogP contribution in [-0.4, -0.2) is 24.2 Å². The van der Waals surface area contributed by atoms with Gasteiger partial charge < -0.3 is 4.74 Å². The van der Waals surface area contributed by atoms with Gasteiger partial charge in [-0.2, -0.15) is 0 Å². The van der Waals surface area contributed by atoms with E-state index in [2.05, 4.69) is 0 Å². The lowest BCUT2D eigenvalue weighted by Gasteiger charge is -2.09. The standard InChI is InChI=1S/C18H15F3O3/c1-11-3-2-4-12(9-11)10-24-14-7-5-13(6-8-14)16(22)15(19)17(23)18(20)21/h2-9,15,18H,10H2,1H3. The molecule has 0 aliphatic heterocycles. The summed E-state index contributed by atoms with van der Waals surface area (Å²) in [5.74, 6) is -2.88. The van der Waals surface area contributed by atoms with Gasteiger partial charge >= 0.3 is 0 Å². The lowest BCUT2D eigenvalue weighted by molar-refractivity contribution is -0.132. The molecule has 1 unspecified atom stereocenters. The van der Waals surface area contributed by atoms with E-state index in [4.69, 9.17) is 4.74 Å². The summed E-state index contributed by atoms with van der Waals surface area (Å²) in [5.41, 5.74) is 1.88. The zero-order chi connectivity index (χ0) is 17.7. The molecule has 126 valence electrons. The summed E-state index contributed by atoms with van der Waals surface area (Å²) >= 11 is 0. The van der Waals surface area contributed by atoms with Crippen molar-refractivity contribution in [1.82, 2.24) is 0 Å². The second kappa shape index (κ2) is 7.77. The Kier molecular flexibility index (Phi) is 5.73. The van der Waals surface area contributed by atoms with Gasteiger partial charge in [0.25, 0.3) is 6.43 Å². The molecule has 0 radical (unpaired) electrons. The summed E-state index contributed by atoms with van der Waals surface area (Å²) in [4.78, 5) is 22.5. The number of carbonyl (C=O) groups is 2. The molecule has 0 saturated carbocycles. The van der Waals surface area contributed by atoms with E-state index in [9.17, 15) is 22.8 Å². The van der Waals surface area contributed by atoms with Crippen molar-refractivity contribution in [3.8, 4) is 5.75 Å². The fourth-order valence-electron chi connectivity index (χ4n) is 2.07. The maximum absolute atomic E-state index is 13.4. The Morgan fingerprint density at radius 3 is 2.29 bits per heavy atom. The quantitative estimate of drug-likeness (QED) is 0.568. The predicted molar refractivity (Wildman–Crippen MR) is 82.2 cm³/mol. The number of benzene rings is 2. The van der Waals surface area contributed by atoms with E-state index in [1.165, 1.54) is 24.3 Å². The molecular formula is C18H15F3O3. The largest absolute Gasteiger partial charge is 0.489 e. The van der Waals surface area contributed by atoms with Crippen LogP contribution in [0.15, 0.2) is 48.5 Å². The molecule has 0 spiro atoms. The summed E-state index contributed by atoms with van der Waals surface area (Å²) < 4.78 is 43.3. The van der Waals surface area contributed by atoms with Gasteiger partial charge in [0.15, 0.2) is 0 Å². The highest BCUT2D eigenvalue weighted by Gasteiger charge is 2.33. The molecule has 1 atom stereocenters. The van der Waals surface area contributed by atoms with Crippen molar-refractivity contribution < 1.29 is 27.5 Å². The Bertz CT molecular complexity index is 727. The number of Topliss-reactive ketones (excluding diaryl/α,β-unsaturated/α-hetero) is 2. The molecule has 0 saturated heterocycles. The average molecular weight is 336 g/mol. The summed E-state index contributed by atoms with van der Waals surface area (Å²) in [7, 11) is 0. The van der Waals surface area contributed by atoms with Gasteiger partial charge in [0.1, 0.15) is 12.4 Å². The van der Waals surface area contributed by atoms with Crippen LogP contribution in [0.5, 0.6) is 5.75 Å². The molecule has 0 aliphatic rings. The number of halogens is 3. The van der Waals surface area contributed by atoms with E-state index in [1.54, 1.807) is 0 Å². The minimum absolute atomic E-state index is 0.167. The van der Waals surface area contributed by atoms with E-state index in [-0.39, 0.29) is 5.56 Å². The Hall–Kier alpha value is -2.63. The third-order valence-electron chi connectivity index (χ3n) is 3.32. The van der Waals surface area contributed by atoms with Gasteiger partial charge in [-0.3, -0.25) is 9.59 Å². The van der Waals surface area contributed by atoms with Crippen molar-refractivity contribution in [2.45, 2.75) is 26.1 Å². The van der Waals surface area contributed by atoms with Crippen LogP contribution >= 0.6 is 0 Å². The SMILES string of the molecule is Cc1cccc(COc2ccc(C(=O)C(F)C(=O)C(F)F)cc2)c1. The van der Waals surface area contributed by atoms with Gasteiger partial charge in [-0.05, 0) is 36.8 Å². The predicted octanol–water partition coefficient (Wildman–Crippen LogP) is 3.93. The van der Waals surface area contributed by atoms with Gasteiger partial charge in [-0.25, -0.2) is 13.2 Å². The van der Waals surface area contributed by atoms with E-state index >= 15 is 0 Å². The summed E-state index contributed by atoms with van der Waals surface area (Å²) in [6, 6.07) is 13.0. The third-order valence-corrected chi connectivity index (χ3v) is 3.32. The molecule has 0 heterocycles. The first-order chi connectivity index (χ1) is 11.4. The highest BCUT2D eigenvalue weighted by molar-refractivity contribution is 6.13. The van der Waals surface area contributed by atoms with E-state index < -0.39 is 24.2 Å². The molecule has 2 aromatic rings. The maximum atomic E-state index is 13.4. The number of alkyl halides is 3. The van der Waals surface area contributed by atoms with Crippen LogP contribution in [0.2, 0.25) is 0 Å². The number of rotatable bonds is 7. The van der Waals surface area contributed by atoms with Crippen molar-refractivity contribution in [2.24, 2.45) is 0 Å². The number of aryl methyl sites for hydroxylation is 1. The lowest BCUT2D eigenvalue weighted by Crippen LogP contribution is -2.30. The number of hydrogen-bond donors (Lipinski definition) is 0. The Morgan fingerprint density at radius 1 is 1.04 bits per heavy atom. The Morgan fingerprint density at radius 2 is 1.71 bits per heavy atom. The molecule has 24 heavy (non-hydrogen) atoms. The molecule has 2 aromatic carbocycles. The van der Waals surface area contributed by atoms with Crippen LogP contribution in [0, 0.1) is 6.92 Å². The Balaban J connectivity index is 2.00. The molecule has 0 amide bonds. The minimum atomic E-state index is -3.51. The number of ether oxygens (including phenoxy) is 1. The smallest absolute Gasteiger partial charge is 0.299 e. The zero-order valence-electron chi connectivity index (χ0n) is 12.8. The van der Waals surface area contributed by atoms with E-state index in [0.717, 1.165) is 11.1 Å². The minimum Gasteiger partial charge on any atom is -0.489 e. The molecule has 0 aliphatic carbocycles. The van der Waals surface area contributed by atoms with Gasteiger partial charge in [0.2, 0.25) is 17.7 Å². The first kappa shape index (κ1) is 17.7. The van der Waals surface area contributed by atoms with Crippen LogP contribution < -0.4 is 4.74 Å². The first-order valence-corrected chi connectivity index (χ1v) is 7.17. The molecule has 0 N–H and O–H groups in total. The number of carbonyl (C=O) groups excluding carboxylic acids is 2. The van der Waals surface area contributed by atoms with Gasteiger partial charge in [-0.1, -0.05) is 29.8 Å². The number of ketones is 2. The second-order valence-corrected chi connectivity index (χ2v) is 5.23. The van der Waals surface area contributed by atoms with Crippen LogP contribution in [0.3, 0.4) is 0 Å². The zero-order valence-corrected chi connectivity index (χ0v) is 12.8. The van der Waals surface area contributed by atoms with E-state index in [1.807, 2.05) is 31.2 Å². The molecule has 2 rings (SSSR count). The second-order valence-electron chi connectivity index (χ2n) is 5.23. The fourth-order valence-corrected chi connectivity index (χ4v) is 2.07. The van der Waals surface area contributed by atoms with Crippen molar-refractivity contribution >= 4 is 11.6 Å². The lowest BCUT2D eigenvalue weighted by atomic mass is 10.0. The topological polar surface area (TPSA) is 43.4 Å². The number of hydrogen-bond acceptors (Lipinski definition) is 3. The van der Waals surface area contributed by atoms with Crippen molar-refractivity contribution in [2.75, 3.05) is 0 Å². The van der Waals surface area contributed by atoms with Gasteiger partial charge in [0.05, 0.1) is 0 Å². The molecule has 0 aromatic heterocycles. The van der Waals surface area contributed by atoms with Crippen molar-refractivity contribution in [3.05, 3.63) is 65.2 Å². The molecule has 0 fully saturated rings. The van der Waals surface area contributed by atoms with Crippen LogP contribution in [-0.2, 0) is 11.4 Å². The summed E-state index contributed by atoms with van der Waals surface area (Å²) in [6.45, 7) is 2.27. The average Bonchev–Trinajstić information content (AvgIpc) is 2.58. The fraction of sp³-hybridized carbons (Fsp3) is 0.222. The van der Waals surface area contributed by atoms with Crippen LogP contribution in [0.25, 0.3) is 0 Å². The first-order valence-electron chi connectivity index (χ1n) is 7.17. The van der Waals surface area contributed by atoms with Crippen molar-refractivity contribution in [3.63, 3.8) is 0 Å². The molecule has 6 heteroatoms. The van der Waals surface area contributed by atoms with Gasteiger partial charge in [0, 0.05) is 5.56 Å². The summed E-state index contributed by atoms with van der Waals surface area (Å²) in [6.07, 6.45) is -6.37. The highest BCUT2D eigenvalue weighted by Crippen LogP contribution is 2.17. The van der Waals surface area contributed by atoms with Crippen LogP contribution in [0.4, 0.5) is 13.2 Å². The molecule has 0 bridgehead atoms. The third kappa shape index (κ3) is 4.44. The Labute approximate surface area is 137 Å². The monoisotopic (exact) mass is 336 g/mol. The van der Waals surface area contributed by atoms with Gasteiger partial charge in [-0.15, -0.1) is 0 Å². The molecular weight excluding hydrogens is 321 g/mol. The normalized spacial score (nSPS) is 12.0. The van der Waals surface area contributed by atoms with E-state index in [0.29, 0.717) is 12.4 Å². The van der Waals surface area contributed by atoms with Crippen LogP contribution in [0.1, 0.15) is 21.5 Å². The summed E-state index contributed by atoms with van der Waals surface area (Å²) in [5, 5.41) is 0. The maximum Gasteiger partial charge on any atom is 0.299 e. The highest BCUT2D eigenvalue weighted by atomic mass is 19.3. The molecule has 3 nitrogen and oxygen atoms in total. The van der Waals surface area contributed by atoms with Crippen molar-refractivity contribution in [1.29, 1.82) is 0 Å².